The normalized spacial score (nSPS) is 14.7. The van der Waals surface area contributed by atoms with Crippen LogP contribution in [-0.2, 0) is 19.1 Å². The summed E-state index contributed by atoms with van der Waals surface area (Å²) in [5.41, 5.74) is 2.31. The lowest BCUT2D eigenvalue weighted by Crippen LogP contribution is -2.16. The van der Waals surface area contributed by atoms with E-state index in [-0.39, 0.29) is 23.8 Å². The highest BCUT2D eigenvalue weighted by Crippen LogP contribution is 2.30. The standard InChI is InChI=1S/C23H18N2O4S/c1-2-28-23(27)20-21(26)18(29-22(20)24-16-11-7-4-8-12-16)13-19-25-17(14-30-19)15-9-5-3-6-10-15/h3-14,24H,2H2,1H3/b18-13+. The Balaban J connectivity index is 1.62. The number of rotatable bonds is 6. The summed E-state index contributed by atoms with van der Waals surface area (Å²) in [6, 6.07) is 18.9. The van der Waals surface area contributed by atoms with Crippen LogP contribution in [-0.4, -0.2) is 23.3 Å². The quantitative estimate of drug-likeness (QED) is 0.357. The van der Waals surface area contributed by atoms with E-state index in [1.807, 2.05) is 53.9 Å². The van der Waals surface area contributed by atoms with Gasteiger partial charge in [0.15, 0.2) is 11.3 Å². The number of esters is 1. The highest BCUT2D eigenvalue weighted by molar-refractivity contribution is 7.10. The maximum Gasteiger partial charge on any atom is 0.347 e. The predicted molar refractivity (Wildman–Crippen MR) is 115 cm³/mol. The lowest BCUT2D eigenvalue weighted by atomic mass is 10.1. The molecule has 2 heterocycles. The topological polar surface area (TPSA) is 77.5 Å². The molecule has 1 aliphatic rings. The largest absolute Gasteiger partial charge is 0.462 e. The Morgan fingerprint density at radius 2 is 1.83 bits per heavy atom. The zero-order valence-corrected chi connectivity index (χ0v) is 16.9. The summed E-state index contributed by atoms with van der Waals surface area (Å²) in [4.78, 5) is 29.8. The van der Waals surface area contributed by atoms with E-state index in [1.165, 1.54) is 11.3 Å². The molecule has 0 fully saturated rings. The van der Waals surface area contributed by atoms with Gasteiger partial charge in [-0.3, -0.25) is 4.79 Å². The number of anilines is 1. The Labute approximate surface area is 177 Å². The monoisotopic (exact) mass is 418 g/mol. The number of Topliss-reactive ketones (excluding diaryl/α,β-unsaturated/α-hetero) is 1. The van der Waals surface area contributed by atoms with Crippen molar-refractivity contribution in [1.29, 1.82) is 0 Å². The van der Waals surface area contributed by atoms with Crippen molar-refractivity contribution in [1.82, 2.24) is 4.98 Å². The summed E-state index contributed by atoms with van der Waals surface area (Å²) in [5.74, 6) is -1.20. The molecule has 2 aromatic carbocycles. The third-order valence-corrected chi connectivity index (χ3v) is 5.04. The number of carbonyl (C=O) groups is 2. The molecular formula is C23H18N2O4S. The number of hydrogen-bond acceptors (Lipinski definition) is 7. The van der Waals surface area contributed by atoms with E-state index in [9.17, 15) is 9.59 Å². The number of benzene rings is 2. The van der Waals surface area contributed by atoms with Gasteiger partial charge in [0.2, 0.25) is 11.7 Å². The van der Waals surface area contributed by atoms with Gasteiger partial charge in [0, 0.05) is 22.7 Å². The molecule has 0 amide bonds. The van der Waals surface area contributed by atoms with Gasteiger partial charge >= 0.3 is 5.97 Å². The molecule has 0 bridgehead atoms. The molecule has 0 aliphatic carbocycles. The molecule has 7 heteroatoms. The fourth-order valence-electron chi connectivity index (χ4n) is 2.87. The van der Waals surface area contributed by atoms with E-state index in [1.54, 1.807) is 25.1 Å². The van der Waals surface area contributed by atoms with Crippen molar-refractivity contribution in [2.24, 2.45) is 0 Å². The van der Waals surface area contributed by atoms with E-state index in [2.05, 4.69) is 10.3 Å². The summed E-state index contributed by atoms with van der Waals surface area (Å²) in [7, 11) is 0. The Hall–Kier alpha value is -3.71. The second kappa shape index (κ2) is 8.75. The van der Waals surface area contributed by atoms with Crippen molar-refractivity contribution in [3.8, 4) is 11.3 Å². The average molecular weight is 418 g/mol. The van der Waals surface area contributed by atoms with E-state index < -0.39 is 11.8 Å². The maximum absolute atomic E-state index is 12.9. The molecule has 0 atom stereocenters. The number of nitrogens with one attached hydrogen (secondary N) is 1. The summed E-state index contributed by atoms with van der Waals surface area (Å²) in [6.45, 7) is 1.83. The van der Waals surface area contributed by atoms with Crippen molar-refractivity contribution in [2.75, 3.05) is 11.9 Å². The fourth-order valence-corrected chi connectivity index (χ4v) is 3.61. The zero-order chi connectivity index (χ0) is 20.9. The van der Waals surface area contributed by atoms with Gasteiger partial charge in [-0.1, -0.05) is 48.5 Å². The SMILES string of the molecule is CCOC(=O)C1=C(Nc2ccccc2)O/C(=C/c2nc(-c3ccccc3)cs2)C1=O. The minimum absolute atomic E-state index is 0.0189. The van der Waals surface area contributed by atoms with Crippen LogP contribution in [0.5, 0.6) is 0 Å². The summed E-state index contributed by atoms with van der Waals surface area (Å²) in [6.07, 6.45) is 1.54. The van der Waals surface area contributed by atoms with Crippen LogP contribution >= 0.6 is 11.3 Å². The van der Waals surface area contributed by atoms with Gasteiger partial charge in [0.25, 0.3) is 0 Å². The van der Waals surface area contributed by atoms with Crippen LogP contribution in [0.25, 0.3) is 17.3 Å². The molecule has 150 valence electrons. The van der Waals surface area contributed by atoms with Gasteiger partial charge in [-0.2, -0.15) is 0 Å². The van der Waals surface area contributed by atoms with E-state index in [0.29, 0.717) is 10.7 Å². The Morgan fingerprint density at radius 3 is 2.53 bits per heavy atom. The van der Waals surface area contributed by atoms with Crippen LogP contribution in [0.4, 0.5) is 5.69 Å². The molecule has 0 unspecified atom stereocenters. The first-order chi connectivity index (χ1) is 14.7. The third-order valence-electron chi connectivity index (χ3n) is 4.25. The van der Waals surface area contributed by atoms with Crippen molar-refractivity contribution in [3.63, 3.8) is 0 Å². The van der Waals surface area contributed by atoms with E-state index in [4.69, 9.17) is 9.47 Å². The second-order valence-corrected chi connectivity index (χ2v) is 7.18. The highest BCUT2D eigenvalue weighted by atomic mass is 32.1. The maximum atomic E-state index is 12.9. The number of ketones is 1. The highest BCUT2D eigenvalue weighted by Gasteiger charge is 2.37. The third kappa shape index (κ3) is 4.16. The number of ether oxygens (including phenoxy) is 2. The molecule has 1 N–H and O–H groups in total. The van der Waals surface area contributed by atoms with Gasteiger partial charge in [0.05, 0.1) is 12.3 Å². The zero-order valence-electron chi connectivity index (χ0n) is 16.1. The lowest BCUT2D eigenvalue weighted by Gasteiger charge is -2.08. The molecule has 0 saturated carbocycles. The molecule has 0 saturated heterocycles. The molecule has 6 nitrogen and oxygen atoms in total. The van der Waals surface area contributed by atoms with Crippen LogP contribution in [0, 0.1) is 0 Å². The Bertz CT molecular complexity index is 1130. The number of carbonyl (C=O) groups excluding carboxylic acids is 2. The Kier molecular flexibility index (Phi) is 5.72. The van der Waals surface area contributed by atoms with Crippen LogP contribution < -0.4 is 5.32 Å². The number of para-hydroxylation sites is 1. The van der Waals surface area contributed by atoms with Crippen LogP contribution in [0.2, 0.25) is 0 Å². The van der Waals surface area contributed by atoms with Gasteiger partial charge in [-0.15, -0.1) is 11.3 Å². The molecule has 0 spiro atoms. The number of hydrogen-bond donors (Lipinski definition) is 1. The summed E-state index contributed by atoms with van der Waals surface area (Å²) < 4.78 is 10.8. The Morgan fingerprint density at radius 1 is 1.13 bits per heavy atom. The fraction of sp³-hybridized carbons (Fsp3) is 0.0870. The molecule has 1 aromatic heterocycles. The number of thiazole rings is 1. The molecule has 1 aliphatic heterocycles. The molecule has 3 aromatic rings. The summed E-state index contributed by atoms with van der Waals surface area (Å²) in [5, 5.41) is 5.49. The van der Waals surface area contributed by atoms with Crippen LogP contribution in [0.1, 0.15) is 11.9 Å². The number of aromatic nitrogens is 1. The first-order valence-electron chi connectivity index (χ1n) is 9.34. The van der Waals surface area contributed by atoms with Crippen LogP contribution in [0.15, 0.2) is 83.3 Å². The van der Waals surface area contributed by atoms with Crippen molar-refractivity contribution in [2.45, 2.75) is 6.92 Å². The van der Waals surface area contributed by atoms with Gasteiger partial charge < -0.3 is 14.8 Å². The minimum Gasteiger partial charge on any atom is -0.462 e. The minimum atomic E-state index is -0.728. The van der Waals surface area contributed by atoms with E-state index in [0.717, 1.165) is 11.3 Å². The predicted octanol–water partition coefficient (Wildman–Crippen LogP) is 4.64. The van der Waals surface area contributed by atoms with Gasteiger partial charge in [0.1, 0.15) is 5.01 Å². The molecular weight excluding hydrogens is 400 g/mol. The molecule has 30 heavy (non-hydrogen) atoms. The van der Waals surface area contributed by atoms with Crippen molar-refractivity contribution in [3.05, 3.63) is 88.3 Å². The number of allylic oxidation sites excluding steroid dienone is 1. The second-order valence-electron chi connectivity index (χ2n) is 6.29. The lowest BCUT2D eigenvalue weighted by molar-refractivity contribution is -0.139. The van der Waals surface area contributed by atoms with Gasteiger partial charge in [-0.25, -0.2) is 9.78 Å². The first kappa shape index (κ1) is 19.6. The van der Waals surface area contributed by atoms with Gasteiger partial charge in [-0.05, 0) is 19.1 Å². The average Bonchev–Trinajstić information content (AvgIpc) is 3.35. The van der Waals surface area contributed by atoms with Crippen molar-refractivity contribution >= 4 is 34.9 Å². The smallest absolute Gasteiger partial charge is 0.347 e. The molecule has 0 radical (unpaired) electrons. The van der Waals surface area contributed by atoms with Crippen molar-refractivity contribution < 1.29 is 19.1 Å². The first-order valence-corrected chi connectivity index (χ1v) is 10.2. The number of nitrogens with zero attached hydrogens (tertiary/aromatic N) is 1. The summed E-state index contributed by atoms with van der Waals surface area (Å²) >= 11 is 1.38. The van der Waals surface area contributed by atoms with E-state index >= 15 is 0 Å². The molecule has 4 rings (SSSR count). The van der Waals surface area contributed by atoms with Crippen LogP contribution in [0.3, 0.4) is 0 Å².